The highest BCUT2D eigenvalue weighted by molar-refractivity contribution is 5.67. The molecule has 0 heterocycles. The summed E-state index contributed by atoms with van der Waals surface area (Å²) in [6, 6.07) is 0. The summed E-state index contributed by atoms with van der Waals surface area (Å²) in [5.74, 6) is 0. The molecule has 0 spiro atoms. The standard InChI is InChI=1S/C22H30O/c1-17(20-9-5-8-19(11-12-20)14-16-23)10-13-21-18(2)7-6-15-22(21,3)4/h10-14,16H,5-9,15H2,1-4H3/b13-10+,19-14+,20-17?. The predicted molar refractivity (Wildman–Crippen MR) is 99.3 cm³/mol. The van der Waals surface area contributed by atoms with Gasteiger partial charge in [-0.2, -0.15) is 0 Å². The molecular formula is C22H30O. The summed E-state index contributed by atoms with van der Waals surface area (Å²) in [5, 5.41) is 0. The Labute approximate surface area is 141 Å². The minimum Gasteiger partial charge on any atom is -0.299 e. The molecule has 0 N–H and O–H groups in total. The number of rotatable bonds is 3. The molecule has 2 rings (SSSR count). The first-order valence-corrected chi connectivity index (χ1v) is 8.84. The second-order valence-electron chi connectivity index (χ2n) is 7.54. The zero-order valence-electron chi connectivity index (χ0n) is 15.1. The van der Waals surface area contributed by atoms with Crippen molar-refractivity contribution in [3.8, 4) is 0 Å². The number of allylic oxidation sites excluding steroid dienone is 10. The lowest BCUT2D eigenvalue weighted by atomic mass is 9.72. The fourth-order valence-corrected chi connectivity index (χ4v) is 3.74. The van der Waals surface area contributed by atoms with E-state index in [1.807, 2.05) is 0 Å². The van der Waals surface area contributed by atoms with Crippen LogP contribution < -0.4 is 0 Å². The Hall–Kier alpha value is -1.63. The van der Waals surface area contributed by atoms with Crippen LogP contribution in [0.25, 0.3) is 0 Å². The molecule has 0 radical (unpaired) electrons. The highest BCUT2D eigenvalue weighted by Gasteiger charge is 2.26. The van der Waals surface area contributed by atoms with Gasteiger partial charge in [-0.05, 0) is 86.2 Å². The van der Waals surface area contributed by atoms with E-state index in [2.05, 4.69) is 52.0 Å². The van der Waals surface area contributed by atoms with Crippen molar-refractivity contribution in [1.82, 2.24) is 0 Å². The molecule has 0 aromatic carbocycles. The van der Waals surface area contributed by atoms with Crippen molar-refractivity contribution in [2.75, 3.05) is 0 Å². The van der Waals surface area contributed by atoms with E-state index in [1.54, 1.807) is 11.6 Å². The Morgan fingerprint density at radius 3 is 2.61 bits per heavy atom. The zero-order valence-corrected chi connectivity index (χ0v) is 15.1. The van der Waals surface area contributed by atoms with Crippen LogP contribution in [0.15, 0.2) is 58.2 Å². The van der Waals surface area contributed by atoms with Gasteiger partial charge in [0.15, 0.2) is 0 Å². The van der Waals surface area contributed by atoms with Crippen LogP contribution in [0.3, 0.4) is 0 Å². The molecule has 0 amide bonds. The summed E-state index contributed by atoms with van der Waals surface area (Å²) < 4.78 is 0. The van der Waals surface area contributed by atoms with Crippen molar-refractivity contribution < 1.29 is 4.79 Å². The number of carbonyl (C=O) groups is 1. The summed E-state index contributed by atoms with van der Waals surface area (Å²) in [7, 11) is 0. The van der Waals surface area contributed by atoms with E-state index >= 15 is 0 Å². The first-order chi connectivity index (χ1) is 10.9. The molecule has 1 nitrogen and oxygen atoms in total. The van der Waals surface area contributed by atoms with E-state index in [0.717, 1.165) is 31.1 Å². The van der Waals surface area contributed by atoms with Gasteiger partial charge in [-0.25, -0.2) is 0 Å². The van der Waals surface area contributed by atoms with E-state index in [-0.39, 0.29) is 0 Å². The average Bonchev–Trinajstić information content (AvgIpc) is 2.72. The Morgan fingerprint density at radius 2 is 1.91 bits per heavy atom. The minimum atomic E-state index is 0.295. The van der Waals surface area contributed by atoms with Crippen LogP contribution in [-0.2, 0) is 4.79 Å². The third-order valence-electron chi connectivity index (χ3n) is 5.24. The van der Waals surface area contributed by atoms with Crippen molar-refractivity contribution in [2.45, 2.75) is 66.2 Å². The maximum absolute atomic E-state index is 10.6. The summed E-state index contributed by atoms with van der Waals surface area (Å²) in [6.45, 7) is 9.21. The van der Waals surface area contributed by atoms with Crippen molar-refractivity contribution in [3.05, 3.63) is 58.2 Å². The molecule has 2 aliphatic carbocycles. The Morgan fingerprint density at radius 1 is 1.13 bits per heavy atom. The van der Waals surface area contributed by atoms with Gasteiger partial charge in [-0.15, -0.1) is 0 Å². The fraction of sp³-hybridized carbons (Fsp3) is 0.500. The van der Waals surface area contributed by atoms with Crippen LogP contribution in [-0.4, -0.2) is 6.29 Å². The van der Waals surface area contributed by atoms with Gasteiger partial charge < -0.3 is 0 Å². The molecule has 0 aliphatic heterocycles. The van der Waals surface area contributed by atoms with Gasteiger partial charge in [0.05, 0.1) is 0 Å². The molecule has 0 aromatic heterocycles. The van der Waals surface area contributed by atoms with Gasteiger partial charge in [0.2, 0.25) is 0 Å². The Bertz CT molecular complexity index is 606. The summed E-state index contributed by atoms with van der Waals surface area (Å²) in [5.41, 5.74) is 7.23. The third-order valence-corrected chi connectivity index (χ3v) is 5.24. The van der Waals surface area contributed by atoms with E-state index in [0.29, 0.717) is 5.41 Å². The monoisotopic (exact) mass is 310 g/mol. The van der Waals surface area contributed by atoms with Gasteiger partial charge in [0.1, 0.15) is 6.29 Å². The van der Waals surface area contributed by atoms with Gasteiger partial charge in [0, 0.05) is 0 Å². The largest absolute Gasteiger partial charge is 0.299 e. The molecule has 0 bridgehead atoms. The van der Waals surface area contributed by atoms with Crippen molar-refractivity contribution in [2.24, 2.45) is 5.41 Å². The lowest BCUT2D eigenvalue weighted by Gasteiger charge is -2.33. The minimum absolute atomic E-state index is 0.295. The summed E-state index contributed by atoms with van der Waals surface area (Å²) >= 11 is 0. The normalized spacial score (nSPS) is 25.8. The molecule has 0 unspecified atom stereocenters. The smallest absolute Gasteiger partial charge is 0.143 e. The van der Waals surface area contributed by atoms with Gasteiger partial charge in [0.25, 0.3) is 0 Å². The SMILES string of the molecule is CC(/C=C/C1=C(C)CCCC1(C)C)=C1C=C/C(=C/C=O)CCC1. The van der Waals surface area contributed by atoms with E-state index in [1.165, 1.54) is 36.0 Å². The first-order valence-electron chi connectivity index (χ1n) is 8.84. The number of hydrogen-bond donors (Lipinski definition) is 0. The van der Waals surface area contributed by atoms with Crippen LogP contribution in [0, 0.1) is 5.41 Å². The van der Waals surface area contributed by atoms with Crippen LogP contribution >= 0.6 is 0 Å². The summed E-state index contributed by atoms with van der Waals surface area (Å²) in [4.78, 5) is 10.6. The van der Waals surface area contributed by atoms with Gasteiger partial charge >= 0.3 is 0 Å². The van der Waals surface area contributed by atoms with Crippen molar-refractivity contribution in [3.63, 3.8) is 0 Å². The Kier molecular flexibility index (Phi) is 5.98. The number of hydrogen-bond acceptors (Lipinski definition) is 1. The molecule has 0 saturated carbocycles. The second kappa shape index (κ2) is 7.77. The summed E-state index contributed by atoms with van der Waals surface area (Å²) in [6.07, 6.45) is 18.5. The number of carbonyl (C=O) groups excluding carboxylic acids is 1. The highest BCUT2D eigenvalue weighted by atomic mass is 16.1. The quantitative estimate of drug-likeness (QED) is 0.444. The zero-order chi connectivity index (χ0) is 16.9. The van der Waals surface area contributed by atoms with E-state index < -0.39 is 0 Å². The van der Waals surface area contributed by atoms with E-state index in [4.69, 9.17) is 0 Å². The van der Waals surface area contributed by atoms with E-state index in [9.17, 15) is 4.79 Å². The second-order valence-corrected chi connectivity index (χ2v) is 7.54. The molecule has 0 atom stereocenters. The Balaban J connectivity index is 2.23. The van der Waals surface area contributed by atoms with Crippen LogP contribution in [0.5, 0.6) is 0 Å². The lowest BCUT2D eigenvalue weighted by molar-refractivity contribution is -0.104. The molecular weight excluding hydrogens is 280 g/mol. The van der Waals surface area contributed by atoms with Crippen LogP contribution in [0.1, 0.15) is 66.2 Å². The average molecular weight is 310 g/mol. The molecule has 124 valence electrons. The molecule has 0 saturated heterocycles. The lowest BCUT2D eigenvalue weighted by Crippen LogP contribution is -2.19. The molecule has 0 aromatic rings. The van der Waals surface area contributed by atoms with Crippen molar-refractivity contribution >= 4 is 6.29 Å². The van der Waals surface area contributed by atoms with Crippen LogP contribution in [0.2, 0.25) is 0 Å². The third kappa shape index (κ3) is 4.67. The van der Waals surface area contributed by atoms with Gasteiger partial charge in [-0.1, -0.05) is 43.7 Å². The number of aldehydes is 1. The van der Waals surface area contributed by atoms with Crippen molar-refractivity contribution in [1.29, 1.82) is 0 Å². The molecule has 23 heavy (non-hydrogen) atoms. The molecule has 1 heteroatoms. The maximum atomic E-state index is 10.6. The highest BCUT2D eigenvalue weighted by Crippen LogP contribution is 2.40. The first kappa shape index (κ1) is 17.7. The topological polar surface area (TPSA) is 17.1 Å². The predicted octanol–water partition coefficient (Wildman–Crippen LogP) is 6.25. The van der Waals surface area contributed by atoms with Crippen LogP contribution in [0.4, 0.5) is 0 Å². The fourth-order valence-electron chi connectivity index (χ4n) is 3.74. The molecule has 0 fully saturated rings. The van der Waals surface area contributed by atoms with Gasteiger partial charge in [-0.3, -0.25) is 4.79 Å². The molecule has 2 aliphatic rings. The maximum Gasteiger partial charge on any atom is 0.143 e.